The smallest absolute Gasteiger partial charge is 0.154 e. The number of aryl methyl sites for hydroxylation is 1. The molecule has 30 heavy (non-hydrogen) atoms. The van der Waals surface area contributed by atoms with Gasteiger partial charge in [-0.05, 0) is 43.2 Å². The first-order chi connectivity index (χ1) is 14.7. The van der Waals surface area contributed by atoms with Gasteiger partial charge in [0.25, 0.3) is 0 Å². The van der Waals surface area contributed by atoms with E-state index in [0.717, 1.165) is 53.6 Å². The molecule has 0 N–H and O–H groups in total. The van der Waals surface area contributed by atoms with Gasteiger partial charge in [0.2, 0.25) is 0 Å². The molecule has 2 fully saturated rings. The standard InChI is InChI=1S/C24H23N5O/c1-16-10-19(8-9-25-16)22-6-7-24-26-12-23(29(24)27-22)18-4-2-17(3-5-18)13-28-14-21-11-20(28)15-30-21/h2-10,12,20-21H,11,13-15H2,1H3/t20-,21?/m1/s1. The number of benzene rings is 1. The van der Waals surface area contributed by atoms with Crippen molar-refractivity contribution < 1.29 is 4.74 Å². The topological polar surface area (TPSA) is 55.6 Å². The predicted octanol–water partition coefficient (Wildman–Crippen LogP) is 3.74. The fraction of sp³-hybridized carbons (Fsp3) is 0.292. The molecule has 0 aliphatic carbocycles. The summed E-state index contributed by atoms with van der Waals surface area (Å²) in [7, 11) is 0. The molecule has 0 amide bonds. The van der Waals surface area contributed by atoms with Crippen molar-refractivity contribution in [2.75, 3.05) is 13.2 Å². The Morgan fingerprint density at radius 1 is 1.03 bits per heavy atom. The number of imidazole rings is 1. The summed E-state index contributed by atoms with van der Waals surface area (Å²) >= 11 is 0. The minimum atomic E-state index is 0.442. The molecule has 6 heteroatoms. The molecule has 0 radical (unpaired) electrons. The van der Waals surface area contributed by atoms with Crippen molar-refractivity contribution in [2.45, 2.75) is 32.0 Å². The zero-order valence-electron chi connectivity index (χ0n) is 16.9. The first-order valence-corrected chi connectivity index (χ1v) is 10.5. The number of aromatic nitrogens is 4. The van der Waals surface area contributed by atoms with Gasteiger partial charge in [-0.2, -0.15) is 5.10 Å². The molecule has 2 saturated heterocycles. The quantitative estimate of drug-likeness (QED) is 0.525. The number of nitrogens with zero attached hydrogens (tertiary/aromatic N) is 5. The Morgan fingerprint density at radius 3 is 2.70 bits per heavy atom. The Morgan fingerprint density at radius 2 is 1.93 bits per heavy atom. The van der Waals surface area contributed by atoms with E-state index >= 15 is 0 Å². The highest BCUT2D eigenvalue weighted by molar-refractivity contribution is 5.66. The molecule has 2 aliphatic heterocycles. The van der Waals surface area contributed by atoms with Gasteiger partial charge in [-0.15, -0.1) is 0 Å². The number of morpholine rings is 1. The second-order valence-corrected chi connectivity index (χ2v) is 8.29. The lowest BCUT2D eigenvalue weighted by molar-refractivity contribution is 0.0273. The van der Waals surface area contributed by atoms with Crippen LogP contribution in [0.4, 0.5) is 0 Å². The maximum atomic E-state index is 5.72. The molecule has 2 aliphatic rings. The van der Waals surface area contributed by atoms with Crippen molar-refractivity contribution in [1.29, 1.82) is 0 Å². The van der Waals surface area contributed by atoms with E-state index in [1.165, 1.54) is 12.0 Å². The number of hydrogen-bond acceptors (Lipinski definition) is 5. The van der Waals surface area contributed by atoms with Crippen molar-refractivity contribution in [1.82, 2.24) is 24.5 Å². The van der Waals surface area contributed by atoms with Gasteiger partial charge in [0.05, 0.1) is 30.3 Å². The largest absolute Gasteiger partial charge is 0.375 e. The van der Waals surface area contributed by atoms with E-state index in [1.54, 1.807) is 0 Å². The van der Waals surface area contributed by atoms with Crippen LogP contribution in [0.5, 0.6) is 0 Å². The van der Waals surface area contributed by atoms with E-state index < -0.39 is 0 Å². The van der Waals surface area contributed by atoms with Gasteiger partial charge >= 0.3 is 0 Å². The summed E-state index contributed by atoms with van der Waals surface area (Å²) in [6, 6.07) is 17.4. The molecule has 3 aromatic heterocycles. The van der Waals surface area contributed by atoms with E-state index in [1.807, 2.05) is 42.0 Å². The van der Waals surface area contributed by atoms with Gasteiger partial charge in [0.15, 0.2) is 5.65 Å². The average molecular weight is 397 g/mol. The highest BCUT2D eigenvalue weighted by Crippen LogP contribution is 2.30. The van der Waals surface area contributed by atoms with Gasteiger partial charge in [-0.3, -0.25) is 9.88 Å². The lowest BCUT2D eigenvalue weighted by atomic mass is 10.1. The number of rotatable bonds is 4. The molecule has 6 nitrogen and oxygen atoms in total. The van der Waals surface area contributed by atoms with E-state index in [9.17, 15) is 0 Å². The van der Waals surface area contributed by atoms with Crippen molar-refractivity contribution in [3.63, 3.8) is 0 Å². The molecular formula is C24H23N5O. The van der Waals surface area contributed by atoms with Crippen molar-refractivity contribution in [3.8, 4) is 22.5 Å². The zero-order chi connectivity index (χ0) is 20.1. The van der Waals surface area contributed by atoms with E-state index in [4.69, 9.17) is 9.84 Å². The maximum Gasteiger partial charge on any atom is 0.154 e. The van der Waals surface area contributed by atoms with Crippen LogP contribution in [0, 0.1) is 6.92 Å². The third-order valence-corrected chi connectivity index (χ3v) is 6.20. The lowest BCUT2D eigenvalue weighted by Crippen LogP contribution is -2.36. The maximum absolute atomic E-state index is 5.72. The summed E-state index contributed by atoms with van der Waals surface area (Å²) in [5.41, 5.74) is 7.25. The molecule has 6 rings (SSSR count). The number of fused-ring (bicyclic) bond motifs is 3. The fourth-order valence-corrected chi connectivity index (χ4v) is 4.62. The van der Waals surface area contributed by atoms with Crippen molar-refractivity contribution in [2.24, 2.45) is 0 Å². The third-order valence-electron chi connectivity index (χ3n) is 6.20. The van der Waals surface area contributed by atoms with Gasteiger partial charge in [0.1, 0.15) is 0 Å². The Kier molecular flexibility index (Phi) is 4.14. The first kappa shape index (κ1) is 17.7. The number of pyridine rings is 1. The Balaban J connectivity index is 1.29. The fourth-order valence-electron chi connectivity index (χ4n) is 4.62. The second kappa shape index (κ2) is 7.00. The molecule has 0 saturated carbocycles. The van der Waals surface area contributed by atoms with Crippen LogP contribution in [0.1, 0.15) is 17.7 Å². The van der Waals surface area contributed by atoms with Crippen LogP contribution in [-0.2, 0) is 11.3 Å². The van der Waals surface area contributed by atoms with Gasteiger partial charge in [-0.1, -0.05) is 24.3 Å². The molecule has 150 valence electrons. The van der Waals surface area contributed by atoms with Crippen LogP contribution in [0.25, 0.3) is 28.2 Å². The number of likely N-dealkylation sites (tertiary alicyclic amines) is 1. The molecule has 1 unspecified atom stereocenters. The Bertz CT molecular complexity index is 1220. The molecule has 2 atom stereocenters. The summed E-state index contributed by atoms with van der Waals surface area (Å²) in [6.07, 6.45) is 5.35. The highest BCUT2D eigenvalue weighted by atomic mass is 16.5. The van der Waals surface area contributed by atoms with Crippen LogP contribution in [0.2, 0.25) is 0 Å². The van der Waals surface area contributed by atoms with Crippen molar-refractivity contribution in [3.05, 3.63) is 72.2 Å². The monoisotopic (exact) mass is 397 g/mol. The minimum Gasteiger partial charge on any atom is -0.375 e. The van der Waals surface area contributed by atoms with E-state index in [-0.39, 0.29) is 0 Å². The number of ether oxygens (including phenoxy) is 1. The molecule has 0 spiro atoms. The number of hydrogen-bond donors (Lipinski definition) is 0. The summed E-state index contributed by atoms with van der Waals surface area (Å²) < 4.78 is 7.64. The van der Waals surface area contributed by atoms with Crippen LogP contribution in [-0.4, -0.2) is 49.8 Å². The van der Waals surface area contributed by atoms with Crippen LogP contribution in [0.3, 0.4) is 0 Å². The summed E-state index contributed by atoms with van der Waals surface area (Å²) in [5, 5.41) is 4.86. The Hall–Kier alpha value is -3.09. The summed E-state index contributed by atoms with van der Waals surface area (Å²) in [6.45, 7) is 4.92. The molecule has 5 heterocycles. The summed E-state index contributed by atoms with van der Waals surface area (Å²) in [5.74, 6) is 0. The summed E-state index contributed by atoms with van der Waals surface area (Å²) in [4.78, 5) is 11.4. The normalized spacial score (nSPS) is 21.0. The van der Waals surface area contributed by atoms with E-state index in [0.29, 0.717) is 12.1 Å². The predicted molar refractivity (Wildman–Crippen MR) is 115 cm³/mol. The SMILES string of the molecule is Cc1cc(-c2ccc3ncc(-c4ccc(CN5CC6C[C@@H]5CO6)cc4)n3n2)ccn1. The van der Waals surface area contributed by atoms with Gasteiger partial charge in [-0.25, -0.2) is 9.50 Å². The molecule has 2 bridgehead atoms. The van der Waals surface area contributed by atoms with Gasteiger partial charge < -0.3 is 4.74 Å². The third kappa shape index (κ3) is 3.09. The minimum absolute atomic E-state index is 0.442. The van der Waals surface area contributed by atoms with Crippen LogP contribution >= 0.6 is 0 Å². The first-order valence-electron chi connectivity index (χ1n) is 10.5. The highest BCUT2D eigenvalue weighted by Gasteiger charge is 2.38. The molecule has 1 aromatic carbocycles. The zero-order valence-corrected chi connectivity index (χ0v) is 16.9. The molecule has 4 aromatic rings. The average Bonchev–Trinajstić information content (AvgIpc) is 3.49. The van der Waals surface area contributed by atoms with E-state index in [2.05, 4.69) is 45.2 Å². The van der Waals surface area contributed by atoms with Crippen molar-refractivity contribution >= 4 is 5.65 Å². The van der Waals surface area contributed by atoms with Crippen LogP contribution in [0.15, 0.2) is 60.9 Å². The lowest BCUT2D eigenvalue weighted by Gasteiger charge is -2.26. The second-order valence-electron chi connectivity index (χ2n) is 8.29. The Labute approximate surface area is 175 Å². The van der Waals surface area contributed by atoms with Gasteiger partial charge in [0, 0.05) is 42.1 Å². The molecular weight excluding hydrogens is 374 g/mol. The van der Waals surface area contributed by atoms with Crippen LogP contribution < -0.4 is 0 Å².